The lowest BCUT2D eigenvalue weighted by Gasteiger charge is -2.22. The molecule has 8 heteroatoms. The number of hydrogen-bond acceptors (Lipinski definition) is 8. The first-order chi connectivity index (χ1) is 30.5. The van der Waals surface area contributed by atoms with Gasteiger partial charge in [-0.15, -0.1) is 0 Å². The third-order valence-corrected chi connectivity index (χ3v) is 12.8. The van der Waals surface area contributed by atoms with Crippen LogP contribution in [0.4, 0.5) is 0 Å². The van der Waals surface area contributed by atoms with Crippen LogP contribution < -0.4 is 5.73 Å². The fourth-order valence-electron chi connectivity index (χ4n) is 8.77. The van der Waals surface area contributed by atoms with Crippen LogP contribution in [0.15, 0.2) is 0 Å². The number of carbonyl (C=O) groups excluding carboxylic acids is 2. The van der Waals surface area contributed by atoms with E-state index in [1.54, 1.807) is 0 Å². The normalized spacial score (nSPS) is 11.7. The average molecular weight is 881 g/mol. The van der Waals surface area contributed by atoms with Gasteiger partial charge < -0.3 is 29.6 Å². The van der Waals surface area contributed by atoms with Gasteiger partial charge in [-0.05, 0) is 76.3 Å². The Morgan fingerprint density at radius 1 is 0.371 bits per heavy atom. The number of esters is 2. The van der Waals surface area contributed by atoms with Crippen molar-refractivity contribution in [3.05, 3.63) is 0 Å². The molecule has 0 saturated carbocycles. The van der Waals surface area contributed by atoms with Crippen molar-refractivity contribution in [1.82, 2.24) is 4.90 Å². The second-order valence-corrected chi connectivity index (χ2v) is 18.7. The summed E-state index contributed by atoms with van der Waals surface area (Å²) in [5, 5.41) is 0. The summed E-state index contributed by atoms with van der Waals surface area (Å²) in [6, 6.07) is 0. The molecule has 0 aliphatic carbocycles. The molecule has 0 bridgehead atoms. The molecule has 2 N–H and O–H groups in total. The van der Waals surface area contributed by atoms with Crippen LogP contribution in [0, 0.1) is 11.8 Å². The van der Waals surface area contributed by atoms with E-state index in [1.165, 1.54) is 167 Å². The van der Waals surface area contributed by atoms with Gasteiger partial charge in [0, 0.05) is 25.9 Å². The lowest BCUT2D eigenvalue weighted by atomic mass is 9.91. The number of rotatable bonds is 52. The molecular formula is C54H108N2O6. The molecule has 0 fully saturated rings. The van der Waals surface area contributed by atoms with Crippen molar-refractivity contribution in [3.8, 4) is 0 Å². The van der Waals surface area contributed by atoms with E-state index >= 15 is 0 Å². The van der Waals surface area contributed by atoms with Crippen LogP contribution in [-0.2, 0) is 28.5 Å². The van der Waals surface area contributed by atoms with Gasteiger partial charge >= 0.3 is 11.9 Å². The Kier molecular flexibility index (Phi) is 49.8. The maximum atomic E-state index is 12.4. The number of hydrogen-bond donors (Lipinski definition) is 1. The number of ether oxygens (including phenoxy) is 4. The molecule has 0 saturated heterocycles. The molecule has 8 nitrogen and oxygen atoms in total. The molecule has 0 heterocycles. The third kappa shape index (κ3) is 45.4. The zero-order valence-corrected chi connectivity index (χ0v) is 42.2. The highest BCUT2D eigenvalue weighted by molar-refractivity contribution is 5.69. The van der Waals surface area contributed by atoms with Crippen molar-refractivity contribution >= 4 is 11.9 Å². The van der Waals surface area contributed by atoms with Crippen LogP contribution in [0.25, 0.3) is 0 Å². The summed E-state index contributed by atoms with van der Waals surface area (Å²) in [7, 11) is 0. The molecule has 0 aliphatic rings. The summed E-state index contributed by atoms with van der Waals surface area (Å²) < 4.78 is 22.6. The molecule has 0 aliphatic heterocycles. The molecule has 0 rings (SSSR count). The van der Waals surface area contributed by atoms with Crippen LogP contribution >= 0.6 is 0 Å². The Morgan fingerprint density at radius 2 is 0.710 bits per heavy atom. The van der Waals surface area contributed by atoms with Gasteiger partial charge in [0.05, 0.1) is 39.6 Å². The number of unbranched alkanes of at least 4 members (excludes halogenated alkanes) is 20. The van der Waals surface area contributed by atoms with Crippen molar-refractivity contribution in [2.45, 2.75) is 259 Å². The fraction of sp³-hybridized carbons (Fsp3) is 0.963. The highest BCUT2D eigenvalue weighted by Crippen LogP contribution is 2.24. The largest absolute Gasteiger partial charge is 0.466 e. The van der Waals surface area contributed by atoms with Gasteiger partial charge in [0.25, 0.3) is 0 Å². The summed E-state index contributed by atoms with van der Waals surface area (Å²) in [6.07, 6.45) is 43.4. The second kappa shape index (κ2) is 50.8. The van der Waals surface area contributed by atoms with E-state index in [1.807, 2.05) is 0 Å². The van der Waals surface area contributed by atoms with Gasteiger partial charge in [-0.2, -0.15) is 0 Å². The molecule has 0 aromatic heterocycles. The Morgan fingerprint density at radius 3 is 1.10 bits per heavy atom. The van der Waals surface area contributed by atoms with E-state index in [9.17, 15) is 9.59 Å². The first-order valence-corrected chi connectivity index (χ1v) is 27.4. The van der Waals surface area contributed by atoms with E-state index in [-0.39, 0.29) is 11.9 Å². The number of nitrogens with zero attached hydrogens (tertiary/aromatic N) is 1. The van der Waals surface area contributed by atoms with Crippen molar-refractivity contribution in [2.75, 3.05) is 65.8 Å². The van der Waals surface area contributed by atoms with Gasteiger partial charge in [0.1, 0.15) is 0 Å². The molecule has 370 valence electrons. The van der Waals surface area contributed by atoms with Crippen LogP contribution in [0.1, 0.15) is 259 Å². The first-order valence-electron chi connectivity index (χ1n) is 27.4. The summed E-state index contributed by atoms with van der Waals surface area (Å²) in [4.78, 5) is 27.4. The van der Waals surface area contributed by atoms with Crippen molar-refractivity contribution in [2.24, 2.45) is 17.6 Å². The maximum absolute atomic E-state index is 12.4. The van der Waals surface area contributed by atoms with Crippen LogP contribution in [0.5, 0.6) is 0 Å². The zero-order valence-electron chi connectivity index (χ0n) is 42.2. The molecule has 0 spiro atoms. The molecule has 62 heavy (non-hydrogen) atoms. The monoisotopic (exact) mass is 881 g/mol. The first kappa shape index (κ1) is 60.8. The Bertz CT molecular complexity index is 820. The zero-order chi connectivity index (χ0) is 45.2. The Balaban J connectivity index is 4.28. The Labute approximate surface area is 386 Å². The third-order valence-electron chi connectivity index (χ3n) is 12.8. The van der Waals surface area contributed by atoms with Crippen molar-refractivity contribution in [1.29, 1.82) is 0 Å². The van der Waals surface area contributed by atoms with Crippen LogP contribution in [0.3, 0.4) is 0 Å². The van der Waals surface area contributed by atoms with E-state index in [0.29, 0.717) is 59.0 Å². The number of carbonyl (C=O) groups is 2. The number of nitrogens with two attached hydrogens (primary N) is 1. The predicted molar refractivity (Wildman–Crippen MR) is 265 cm³/mol. The molecule has 0 atom stereocenters. The topological polar surface area (TPSA) is 100 Å². The summed E-state index contributed by atoms with van der Waals surface area (Å²) in [5.41, 5.74) is 5.52. The van der Waals surface area contributed by atoms with E-state index in [0.717, 1.165) is 82.8 Å². The summed E-state index contributed by atoms with van der Waals surface area (Å²) >= 11 is 0. The van der Waals surface area contributed by atoms with E-state index < -0.39 is 0 Å². The summed E-state index contributed by atoms with van der Waals surface area (Å²) in [6.45, 7) is 16.4. The second-order valence-electron chi connectivity index (χ2n) is 18.7. The standard InChI is InChI=1S/C54H108N2O6/c1-5-9-13-23-33-51(34-24-14-10-6-2)37-31-45-61-53(57)39-27-19-17-21-29-42-56(44-48-60-50-49-59-47-41-55)43-30-22-18-20-28-40-54(58)62-46-32-38-52(35-25-15-11-7-3)36-26-16-12-8-4/h51-52H,5-50,55H2,1-4H3. The van der Waals surface area contributed by atoms with E-state index in [2.05, 4.69) is 32.6 Å². The minimum Gasteiger partial charge on any atom is -0.466 e. The molecule has 0 amide bonds. The molecule has 0 aromatic carbocycles. The van der Waals surface area contributed by atoms with Gasteiger partial charge in [0.15, 0.2) is 0 Å². The highest BCUT2D eigenvalue weighted by Gasteiger charge is 2.12. The van der Waals surface area contributed by atoms with Gasteiger partial charge in [-0.3, -0.25) is 9.59 Å². The quantitative estimate of drug-likeness (QED) is 0.0476. The smallest absolute Gasteiger partial charge is 0.305 e. The van der Waals surface area contributed by atoms with Crippen LogP contribution in [-0.4, -0.2) is 82.7 Å². The molecule has 0 unspecified atom stereocenters. The molecular weight excluding hydrogens is 773 g/mol. The van der Waals surface area contributed by atoms with Gasteiger partial charge in [0.2, 0.25) is 0 Å². The van der Waals surface area contributed by atoms with E-state index in [4.69, 9.17) is 24.7 Å². The van der Waals surface area contributed by atoms with Gasteiger partial charge in [-0.1, -0.05) is 195 Å². The lowest BCUT2D eigenvalue weighted by molar-refractivity contribution is -0.144. The van der Waals surface area contributed by atoms with Gasteiger partial charge in [-0.25, -0.2) is 0 Å². The maximum Gasteiger partial charge on any atom is 0.305 e. The average Bonchev–Trinajstić information content (AvgIpc) is 3.27. The fourth-order valence-corrected chi connectivity index (χ4v) is 8.77. The molecule has 0 radical (unpaired) electrons. The minimum atomic E-state index is -0.0116. The predicted octanol–water partition coefficient (Wildman–Crippen LogP) is 14.7. The Hall–Kier alpha value is -1.22. The minimum absolute atomic E-state index is 0.0116. The lowest BCUT2D eigenvalue weighted by Crippen LogP contribution is -2.30. The van der Waals surface area contributed by atoms with Crippen molar-refractivity contribution < 1.29 is 28.5 Å². The highest BCUT2D eigenvalue weighted by atomic mass is 16.5. The molecule has 0 aromatic rings. The SMILES string of the molecule is CCCCCCC(CCCCCC)CCCOC(=O)CCCCCCCN(CCCCCCCC(=O)OCCCC(CCCCCC)CCCCCC)CCOCCOCCN. The van der Waals surface area contributed by atoms with Crippen LogP contribution in [0.2, 0.25) is 0 Å². The summed E-state index contributed by atoms with van der Waals surface area (Å²) in [5.74, 6) is 1.58. The van der Waals surface area contributed by atoms with Crippen molar-refractivity contribution in [3.63, 3.8) is 0 Å².